The van der Waals surface area contributed by atoms with Crippen LogP contribution in [0.15, 0.2) is 60.7 Å². The molecule has 1 aliphatic rings. The second-order valence-corrected chi connectivity index (χ2v) is 7.23. The second kappa shape index (κ2) is 8.49. The molecule has 148 valence electrons. The van der Waals surface area contributed by atoms with Gasteiger partial charge in [-0.05, 0) is 48.5 Å². The van der Waals surface area contributed by atoms with Crippen molar-refractivity contribution in [1.29, 1.82) is 0 Å². The predicted molar refractivity (Wildman–Crippen MR) is 114 cm³/mol. The Morgan fingerprint density at radius 1 is 0.897 bits per heavy atom. The molecule has 3 aromatic rings. The maximum Gasteiger partial charge on any atom is 0.253 e. The van der Waals surface area contributed by atoms with Crippen LogP contribution in [-0.4, -0.2) is 54.3 Å². The van der Waals surface area contributed by atoms with Gasteiger partial charge in [0.25, 0.3) is 5.91 Å². The third-order valence-electron chi connectivity index (χ3n) is 5.02. The number of carbonyl (C=O) groups is 1. The van der Waals surface area contributed by atoms with Crippen molar-refractivity contribution in [3.63, 3.8) is 0 Å². The molecule has 7 heteroatoms. The molecule has 2 heterocycles. The van der Waals surface area contributed by atoms with E-state index in [2.05, 4.69) is 15.1 Å². The normalized spacial score (nSPS) is 14.0. The molecule has 1 amide bonds. The molecule has 6 nitrogen and oxygen atoms in total. The molecule has 4 rings (SSSR count). The zero-order valence-corrected chi connectivity index (χ0v) is 16.8. The van der Waals surface area contributed by atoms with Crippen LogP contribution in [-0.2, 0) is 0 Å². The van der Waals surface area contributed by atoms with Gasteiger partial charge in [0.1, 0.15) is 5.75 Å². The largest absolute Gasteiger partial charge is 0.497 e. The van der Waals surface area contributed by atoms with Crippen LogP contribution in [0.25, 0.3) is 11.3 Å². The number of nitrogens with zero attached hydrogens (tertiary/aromatic N) is 4. The Bertz CT molecular complexity index is 967. The van der Waals surface area contributed by atoms with Crippen LogP contribution in [0, 0.1) is 0 Å². The number of hydrogen-bond acceptors (Lipinski definition) is 5. The standard InChI is InChI=1S/C22H21ClN4O2/c1-29-19-8-4-17(5-9-19)22(28)27-14-12-26(13-15-27)21-11-10-20(24-25-21)16-2-6-18(23)7-3-16/h2-11H,12-15H2,1H3. The summed E-state index contributed by atoms with van der Waals surface area (Å²) in [6.45, 7) is 2.73. The van der Waals surface area contributed by atoms with Gasteiger partial charge in [-0.1, -0.05) is 23.7 Å². The van der Waals surface area contributed by atoms with E-state index < -0.39 is 0 Å². The van der Waals surface area contributed by atoms with Crippen molar-refractivity contribution >= 4 is 23.3 Å². The number of rotatable bonds is 4. The van der Waals surface area contributed by atoms with Gasteiger partial charge in [0, 0.05) is 42.3 Å². The smallest absolute Gasteiger partial charge is 0.253 e. The van der Waals surface area contributed by atoms with Crippen LogP contribution >= 0.6 is 11.6 Å². The van der Waals surface area contributed by atoms with Gasteiger partial charge in [-0.25, -0.2) is 0 Å². The molecule has 1 aromatic heterocycles. The Kier molecular flexibility index (Phi) is 5.62. The quantitative estimate of drug-likeness (QED) is 0.657. The Hall–Kier alpha value is -3.12. The van der Waals surface area contributed by atoms with Crippen molar-refractivity contribution in [3.8, 4) is 17.0 Å². The van der Waals surface area contributed by atoms with Gasteiger partial charge < -0.3 is 14.5 Å². The van der Waals surface area contributed by atoms with Gasteiger partial charge >= 0.3 is 0 Å². The van der Waals surface area contributed by atoms with Crippen molar-refractivity contribution in [3.05, 3.63) is 71.2 Å². The number of amides is 1. The fraction of sp³-hybridized carbons (Fsp3) is 0.227. The SMILES string of the molecule is COc1ccc(C(=O)N2CCN(c3ccc(-c4ccc(Cl)cc4)nn3)CC2)cc1. The van der Waals surface area contributed by atoms with Crippen molar-refractivity contribution < 1.29 is 9.53 Å². The number of methoxy groups -OCH3 is 1. The highest BCUT2D eigenvalue weighted by atomic mass is 35.5. The van der Waals surface area contributed by atoms with Crippen LogP contribution in [0.1, 0.15) is 10.4 Å². The summed E-state index contributed by atoms with van der Waals surface area (Å²) in [6, 6.07) is 18.7. The van der Waals surface area contributed by atoms with Crippen LogP contribution in [0.4, 0.5) is 5.82 Å². The molecule has 29 heavy (non-hydrogen) atoms. The van der Waals surface area contributed by atoms with E-state index in [0.717, 1.165) is 35.9 Å². The number of anilines is 1. The summed E-state index contributed by atoms with van der Waals surface area (Å²) in [4.78, 5) is 16.7. The molecule has 1 aliphatic heterocycles. The van der Waals surface area contributed by atoms with E-state index in [9.17, 15) is 4.79 Å². The van der Waals surface area contributed by atoms with Crippen molar-refractivity contribution in [1.82, 2.24) is 15.1 Å². The summed E-state index contributed by atoms with van der Waals surface area (Å²) in [5, 5.41) is 9.41. The van der Waals surface area contributed by atoms with Gasteiger partial charge in [-0.15, -0.1) is 10.2 Å². The second-order valence-electron chi connectivity index (χ2n) is 6.79. The lowest BCUT2D eigenvalue weighted by molar-refractivity contribution is 0.0746. The number of benzene rings is 2. The average Bonchev–Trinajstić information content (AvgIpc) is 2.79. The number of carbonyl (C=O) groups excluding carboxylic acids is 1. The Balaban J connectivity index is 1.37. The molecular formula is C22H21ClN4O2. The maximum atomic E-state index is 12.7. The number of piperazine rings is 1. The molecule has 1 fully saturated rings. The molecule has 1 saturated heterocycles. The molecule has 2 aromatic carbocycles. The van der Waals surface area contributed by atoms with Gasteiger partial charge in [0.15, 0.2) is 5.82 Å². The first kappa shape index (κ1) is 19.2. The first-order valence-electron chi connectivity index (χ1n) is 9.42. The lowest BCUT2D eigenvalue weighted by Gasteiger charge is -2.35. The Labute approximate surface area is 174 Å². The van der Waals surface area contributed by atoms with E-state index in [0.29, 0.717) is 23.7 Å². The van der Waals surface area contributed by atoms with Crippen molar-refractivity contribution in [2.45, 2.75) is 0 Å². The Morgan fingerprint density at radius 2 is 1.59 bits per heavy atom. The van der Waals surface area contributed by atoms with Crippen LogP contribution in [0.3, 0.4) is 0 Å². The van der Waals surface area contributed by atoms with E-state index in [1.54, 1.807) is 31.4 Å². The zero-order valence-electron chi connectivity index (χ0n) is 16.1. The van der Waals surface area contributed by atoms with E-state index in [-0.39, 0.29) is 5.91 Å². The summed E-state index contributed by atoms with van der Waals surface area (Å²) in [5.74, 6) is 1.60. The number of ether oxygens (including phenoxy) is 1. The molecule has 0 atom stereocenters. The van der Waals surface area contributed by atoms with Gasteiger partial charge in [0.2, 0.25) is 0 Å². The van der Waals surface area contributed by atoms with Gasteiger partial charge in [0.05, 0.1) is 12.8 Å². The van der Waals surface area contributed by atoms with E-state index in [4.69, 9.17) is 16.3 Å². The van der Waals surface area contributed by atoms with E-state index >= 15 is 0 Å². The highest BCUT2D eigenvalue weighted by Crippen LogP contribution is 2.21. The molecule has 0 radical (unpaired) electrons. The highest BCUT2D eigenvalue weighted by Gasteiger charge is 2.23. The fourth-order valence-corrected chi connectivity index (χ4v) is 3.45. The summed E-state index contributed by atoms with van der Waals surface area (Å²) >= 11 is 5.94. The summed E-state index contributed by atoms with van der Waals surface area (Å²) < 4.78 is 5.15. The molecule has 0 bridgehead atoms. The monoisotopic (exact) mass is 408 g/mol. The van der Waals surface area contributed by atoms with Crippen LogP contribution in [0.2, 0.25) is 5.02 Å². The fourth-order valence-electron chi connectivity index (χ4n) is 3.32. The zero-order chi connectivity index (χ0) is 20.2. The van der Waals surface area contributed by atoms with Crippen LogP contribution in [0.5, 0.6) is 5.75 Å². The molecule has 0 N–H and O–H groups in total. The minimum atomic E-state index is 0.0384. The summed E-state index contributed by atoms with van der Waals surface area (Å²) in [6.07, 6.45) is 0. The van der Waals surface area contributed by atoms with Crippen LogP contribution < -0.4 is 9.64 Å². The Morgan fingerprint density at radius 3 is 2.17 bits per heavy atom. The molecule has 0 aliphatic carbocycles. The van der Waals surface area contributed by atoms with Crippen molar-refractivity contribution in [2.75, 3.05) is 38.2 Å². The molecule has 0 saturated carbocycles. The number of hydrogen-bond donors (Lipinski definition) is 0. The molecule has 0 unspecified atom stereocenters. The third kappa shape index (κ3) is 4.32. The summed E-state index contributed by atoms with van der Waals surface area (Å²) in [7, 11) is 1.61. The van der Waals surface area contributed by atoms with Gasteiger partial charge in [-0.3, -0.25) is 4.79 Å². The van der Waals surface area contributed by atoms with Gasteiger partial charge in [-0.2, -0.15) is 0 Å². The third-order valence-corrected chi connectivity index (χ3v) is 5.27. The lowest BCUT2D eigenvalue weighted by Crippen LogP contribution is -2.49. The first-order chi connectivity index (χ1) is 14.1. The topological polar surface area (TPSA) is 58.6 Å². The van der Waals surface area contributed by atoms with E-state index in [1.807, 2.05) is 41.3 Å². The number of halogens is 1. The lowest BCUT2D eigenvalue weighted by atomic mass is 10.1. The maximum absolute atomic E-state index is 12.7. The van der Waals surface area contributed by atoms with Crippen molar-refractivity contribution in [2.24, 2.45) is 0 Å². The minimum absolute atomic E-state index is 0.0384. The molecular weight excluding hydrogens is 388 g/mol. The molecule has 0 spiro atoms. The highest BCUT2D eigenvalue weighted by molar-refractivity contribution is 6.30. The predicted octanol–water partition coefficient (Wildman–Crippen LogP) is 3.77. The minimum Gasteiger partial charge on any atom is -0.497 e. The number of aromatic nitrogens is 2. The first-order valence-corrected chi connectivity index (χ1v) is 9.80. The van der Waals surface area contributed by atoms with E-state index in [1.165, 1.54) is 0 Å². The average molecular weight is 409 g/mol. The summed E-state index contributed by atoms with van der Waals surface area (Å²) in [5.41, 5.74) is 2.45.